The number of rotatable bonds is 4. The van der Waals surface area contributed by atoms with Gasteiger partial charge in [-0.3, -0.25) is 0 Å². The molecule has 0 unspecified atom stereocenters. The van der Waals surface area contributed by atoms with Crippen LogP contribution in [-0.2, 0) is 6.42 Å². The third-order valence-corrected chi connectivity index (χ3v) is 3.34. The van der Waals surface area contributed by atoms with Crippen molar-refractivity contribution in [2.45, 2.75) is 20.3 Å². The summed E-state index contributed by atoms with van der Waals surface area (Å²) in [4.78, 5) is 11.9. The Hall–Kier alpha value is -2.62. The second-order valence-corrected chi connectivity index (χ2v) is 4.95. The van der Waals surface area contributed by atoms with Gasteiger partial charge in [0.05, 0.1) is 0 Å². The van der Waals surface area contributed by atoms with Gasteiger partial charge in [-0.1, -0.05) is 37.3 Å². The Bertz CT molecular complexity index is 678. The average molecular weight is 298 g/mol. The van der Waals surface area contributed by atoms with Gasteiger partial charge < -0.3 is 10.6 Å². The number of halogens is 1. The molecule has 2 rings (SSSR count). The first kappa shape index (κ1) is 15.8. The molecule has 0 radical (unpaired) electrons. The predicted molar refractivity (Wildman–Crippen MR) is 88.1 cm³/mol. The maximum atomic E-state index is 12.8. The number of hydrogen-bond acceptors (Lipinski definition) is 1. The molecule has 2 aromatic carbocycles. The smallest absolute Gasteiger partial charge is 0.314 e. The summed E-state index contributed by atoms with van der Waals surface area (Å²) < 4.78 is 12.8. The fourth-order valence-corrected chi connectivity index (χ4v) is 2.14. The second kappa shape index (κ2) is 7.41. The van der Waals surface area contributed by atoms with E-state index in [1.807, 2.05) is 32.0 Å². The van der Waals surface area contributed by atoms with Gasteiger partial charge in [-0.15, -0.1) is 0 Å². The number of aryl methyl sites for hydroxylation is 2. The summed E-state index contributed by atoms with van der Waals surface area (Å²) in [6, 6.07) is 11.7. The standard InChI is InChI=1S/C18H19FN2O/c1-3-15-6-4-5-13(2)17(15)21-18(22)20-12-11-14-7-9-16(19)10-8-14/h4-12H,3H2,1-2H3,(H2,20,21,22)/b12-11+. The molecule has 2 aromatic rings. The third kappa shape index (κ3) is 4.19. The van der Waals surface area contributed by atoms with E-state index in [0.29, 0.717) is 0 Å². The molecule has 3 nitrogen and oxygen atoms in total. The highest BCUT2D eigenvalue weighted by molar-refractivity contribution is 5.92. The monoisotopic (exact) mass is 298 g/mol. The van der Waals surface area contributed by atoms with Crippen molar-refractivity contribution in [3.63, 3.8) is 0 Å². The van der Waals surface area contributed by atoms with Crippen LogP contribution in [0.1, 0.15) is 23.6 Å². The molecule has 0 aromatic heterocycles. The minimum Gasteiger partial charge on any atom is -0.314 e. The van der Waals surface area contributed by atoms with Gasteiger partial charge in [0.25, 0.3) is 0 Å². The van der Waals surface area contributed by atoms with Gasteiger partial charge in [0, 0.05) is 11.9 Å². The van der Waals surface area contributed by atoms with Crippen LogP contribution in [0.5, 0.6) is 0 Å². The van der Waals surface area contributed by atoms with Crippen molar-refractivity contribution in [2.75, 3.05) is 5.32 Å². The number of amides is 2. The Labute approximate surface area is 129 Å². The number of anilines is 1. The Morgan fingerprint density at radius 3 is 2.59 bits per heavy atom. The number of urea groups is 1. The van der Waals surface area contributed by atoms with Crippen molar-refractivity contribution >= 4 is 17.8 Å². The number of carbonyl (C=O) groups excluding carboxylic acids is 1. The molecular formula is C18H19FN2O. The molecule has 0 aliphatic rings. The first-order valence-electron chi connectivity index (χ1n) is 7.18. The number of benzene rings is 2. The topological polar surface area (TPSA) is 41.1 Å². The van der Waals surface area contributed by atoms with Crippen LogP contribution in [-0.4, -0.2) is 6.03 Å². The molecule has 0 spiro atoms. The quantitative estimate of drug-likeness (QED) is 0.858. The lowest BCUT2D eigenvalue weighted by Gasteiger charge is -2.12. The fraction of sp³-hybridized carbons (Fsp3) is 0.167. The SMILES string of the molecule is CCc1cccc(C)c1NC(=O)N/C=C/c1ccc(F)cc1. The summed E-state index contributed by atoms with van der Waals surface area (Å²) in [6.45, 7) is 4.01. The minimum atomic E-state index is -0.303. The van der Waals surface area contributed by atoms with Crippen LogP contribution in [0.3, 0.4) is 0 Å². The summed E-state index contributed by atoms with van der Waals surface area (Å²) in [6.07, 6.45) is 4.09. The van der Waals surface area contributed by atoms with Crippen molar-refractivity contribution in [1.29, 1.82) is 0 Å². The Morgan fingerprint density at radius 2 is 1.91 bits per heavy atom. The molecule has 0 heterocycles. The summed E-state index contributed by atoms with van der Waals surface area (Å²) in [5.41, 5.74) is 3.78. The number of hydrogen-bond donors (Lipinski definition) is 2. The van der Waals surface area contributed by atoms with Crippen LogP contribution in [0.25, 0.3) is 6.08 Å². The number of para-hydroxylation sites is 1. The zero-order valence-electron chi connectivity index (χ0n) is 12.7. The van der Waals surface area contributed by atoms with Crippen LogP contribution in [0.4, 0.5) is 14.9 Å². The molecule has 0 bridgehead atoms. The van der Waals surface area contributed by atoms with E-state index in [9.17, 15) is 9.18 Å². The van der Waals surface area contributed by atoms with Gasteiger partial charge in [0.15, 0.2) is 0 Å². The third-order valence-electron chi connectivity index (χ3n) is 3.34. The van der Waals surface area contributed by atoms with Gasteiger partial charge in [-0.05, 0) is 48.2 Å². The summed E-state index contributed by atoms with van der Waals surface area (Å²) in [7, 11) is 0. The van der Waals surface area contributed by atoms with Crippen LogP contribution in [0.15, 0.2) is 48.7 Å². The Balaban J connectivity index is 1.97. The van der Waals surface area contributed by atoms with Crippen molar-refractivity contribution in [3.05, 3.63) is 71.2 Å². The van der Waals surface area contributed by atoms with E-state index >= 15 is 0 Å². The van der Waals surface area contributed by atoms with Crippen LogP contribution < -0.4 is 10.6 Å². The van der Waals surface area contributed by atoms with E-state index in [4.69, 9.17) is 0 Å². The zero-order valence-corrected chi connectivity index (χ0v) is 12.7. The van der Waals surface area contributed by atoms with Crippen LogP contribution in [0.2, 0.25) is 0 Å². The second-order valence-electron chi connectivity index (χ2n) is 4.95. The normalized spacial score (nSPS) is 10.7. The van der Waals surface area contributed by atoms with Gasteiger partial charge in [-0.2, -0.15) is 0 Å². The summed E-state index contributed by atoms with van der Waals surface area (Å²) in [5, 5.41) is 5.51. The fourth-order valence-electron chi connectivity index (χ4n) is 2.14. The lowest BCUT2D eigenvalue weighted by Crippen LogP contribution is -2.24. The molecule has 2 amide bonds. The van der Waals surface area contributed by atoms with Crippen molar-refractivity contribution < 1.29 is 9.18 Å². The van der Waals surface area contributed by atoms with Crippen molar-refractivity contribution in [3.8, 4) is 0 Å². The molecule has 0 atom stereocenters. The number of carbonyl (C=O) groups is 1. The molecule has 0 fully saturated rings. The molecule has 114 valence electrons. The zero-order chi connectivity index (χ0) is 15.9. The van der Waals surface area contributed by atoms with Crippen molar-refractivity contribution in [2.24, 2.45) is 0 Å². The number of nitrogens with one attached hydrogen (secondary N) is 2. The molecule has 0 aliphatic carbocycles. The van der Waals surface area contributed by atoms with Gasteiger partial charge in [-0.25, -0.2) is 9.18 Å². The highest BCUT2D eigenvalue weighted by Gasteiger charge is 2.06. The maximum absolute atomic E-state index is 12.8. The molecule has 0 saturated heterocycles. The van der Waals surface area contributed by atoms with E-state index < -0.39 is 0 Å². The molecule has 4 heteroatoms. The molecule has 2 N–H and O–H groups in total. The van der Waals surface area contributed by atoms with E-state index in [-0.39, 0.29) is 11.8 Å². The van der Waals surface area contributed by atoms with E-state index in [2.05, 4.69) is 10.6 Å². The lowest BCUT2D eigenvalue weighted by molar-refractivity contribution is 0.255. The maximum Gasteiger partial charge on any atom is 0.323 e. The van der Waals surface area contributed by atoms with Crippen LogP contribution in [0, 0.1) is 12.7 Å². The summed E-state index contributed by atoms with van der Waals surface area (Å²) in [5.74, 6) is -0.283. The Morgan fingerprint density at radius 1 is 1.18 bits per heavy atom. The molecule has 0 aliphatic heterocycles. The van der Waals surface area contributed by atoms with Gasteiger partial charge in [0.1, 0.15) is 5.82 Å². The van der Waals surface area contributed by atoms with E-state index in [0.717, 1.165) is 28.8 Å². The predicted octanol–water partition coefficient (Wildman–Crippen LogP) is 4.49. The van der Waals surface area contributed by atoms with Gasteiger partial charge in [0.2, 0.25) is 0 Å². The summed E-state index contributed by atoms with van der Waals surface area (Å²) >= 11 is 0. The van der Waals surface area contributed by atoms with Crippen molar-refractivity contribution in [1.82, 2.24) is 5.32 Å². The first-order chi connectivity index (χ1) is 10.6. The average Bonchev–Trinajstić information content (AvgIpc) is 2.51. The van der Waals surface area contributed by atoms with E-state index in [1.165, 1.54) is 18.3 Å². The molecule has 22 heavy (non-hydrogen) atoms. The minimum absolute atomic E-state index is 0.283. The Kier molecular flexibility index (Phi) is 5.31. The van der Waals surface area contributed by atoms with Crippen LogP contribution >= 0.6 is 0 Å². The highest BCUT2D eigenvalue weighted by atomic mass is 19.1. The first-order valence-corrected chi connectivity index (χ1v) is 7.18. The highest BCUT2D eigenvalue weighted by Crippen LogP contribution is 2.20. The lowest BCUT2D eigenvalue weighted by atomic mass is 10.1. The largest absolute Gasteiger partial charge is 0.323 e. The molecule has 0 saturated carbocycles. The van der Waals surface area contributed by atoms with E-state index in [1.54, 1.807) is 18.2 Å². The molecular weight excluding hydrogens is 279 g/mol. The van der Waals surface area contributed by atoms with Gasteiger partial charge >= 0.3 is 6.03 Å².